The van der Waals surface area contributed by atoms with Gasteiger partial charge in [0, 0.05) is 7.11 Å². The molecule has 0 aliphatic carbocycles. The summed E-state index contributed by atoms with van der Waals surface area (Å²) < 4.78 is 37.8. The van der Waals surface area contributed by atoms with Crippen LogP contribution in [-0.4, -0.2) is 121 Å². The van der Waals surface area contributed by atoms with Crippen molar-refractivity contribution in [1.82, 2.24) is 0 Å². The highest BCUT2D eigenvalue weighted by Gasteiger charge is 2.54. The number of methoxy groups -OCH3 is 3. The van der Waals surface area contributed by atoms with E-state index in [1.807, 2.05) is 0 Å². The summed E-state index contributed by atoms with van der Waals surface area (Å²) in [4.78, 5) is 0. The summed E-state index contributed by atoms with van der Waals surface area (Å²) >= 11 is 0. The summed E-state index contributed by atoms with van der Waals surface area (Å²) in [5.41, 5.74) is 0.632. The van der Waals surface area contributed by atoms with E-state index in [1.54, 1.807) is 18.2 Å². The van der Waals surface area contributed by atoms with Crippen molar-refractivity contribution < 1.29 is 63.8 Å². The van der Waals surface area contributed by atoms with E-state index < -0.39 is 62.1 Å². The average Bonchev–Trinajstić information content (AvgIpc) is 3.15. The molecule has 8 atom stereocenters. The number of ether oxygens (including phenoxy) is 7. The smallest absolute Gasteiger partial charge is 0.229 e. The van der Waals surface area contributed by atoms with Gasteiger partial charge < -0.3 is 63.8 Å². The van der Waals surface area contributed by atoms with E-state index in [0.717, 1.165) is 0 Å². The fraction of sp³-hybridized carbons (Fsp3) is 0.636. The van der Waals surface area contributed by atoms with Gasteiger partial charge in [-0.2, -0.15) is 0 Å². The van der Waals surface area contributed by atoms with Crippen molar-refractivity contribution in [2.24, 2.45) is 0 Å². The lowest BCUT2D eigenvalue weighted by molar-refractivity contribution is -0.316. The second-order valence-electron chi connectivity index (χ2n) is 7.94. The molecule has 13 nitrogen and oxygen atoms in total. The van der Waals surface area contributed by atoms with E-state index >= 15 is 0 Å². The van der Waals surface area contributed by atoms with Gasteiger partial charge in [-0.05, 0) is 17.7 Å². The molecule has 0 saturated carbocycles. The predicted octanol–water partition coefficient (Wildman–Crippen LogP) is -2.04. The standard InChI is InChI=1S/C22H32O13/c1-29-12-7-11(5-4-6-23)8-13(30-2)17(12)34-20-16(26)18(15(25)14(9-24)33-20)35-21-19(27)22(28,31-3)10-32-21/h4-5,7-8,14-16,18-21,23-28H,6,9-10H2,1-3H3/b5-4+/t14-,15-,16-,18+,19+,20+,21+,22+/m1/s1. The van der Waals surface area contributed by atoms with Crippen LogP contribution in [-0.2, 0) is 18.9 Å². The number of hydrogen-bond acceptors (Lipinski definition) is 13. The molecule has 1 aromatic carbocycles. The summed E-state index contributed by atoms with van der Waals surface area (Å²) in [6.07, 6.45) is -7.35. The highest BCUT2D eigenvalue weighted by Crippen LogP contribution is 2.41. The molecule has 0 amide bonds. The first-order valence-corrected chi connectivity index (χ1v) is 10.8. The molecule has 2 aliphatic heterocycles. The van der Waals surface area contributed by atoms with Crippen LogP contribution in [0.3, 0.4) is 0 Å². The van der Waals surface area contributed by atoms with Crippen molar-refractivity contribution in [2.45, 2.75) is 48.9 Å². The van der Waals surface area contributed by atoms with Gasteiger partial charge in [-0.25, -0.2) is 0 Å². The molecule has 0 bridgehead atoms. The summed E-state index contributed by atoms with van der Waals surface area (Å²) in [5, 5.41) is 60.8. The van der Waals surface area contributed by atoms with Gasteiger partial charge in [-0.1, -0.05) is 12.2 Å². The first-order chi connectivity index (χ1) is 16.7. The third-order valence-electron chi connectivity index (χ3n) is 5.77. The van der Waals surface area contributed by atoms with E-state index in [9.17, 15) is 25.5 Å². The number of aliphatic hydroxyl groups excluding tert-OH is 5. The third kappa shape index (κ3) is 5.70. The molecule has 2 heterocycles. The first kappa shape index (κ1) is 27.5. The van der Waals surface area contributed by atoms with E-state index in [4.69, 9.17) is 38.3 Å². The van der Waals surface area contributed by atoms with Crippen LogP contribution in [0.15, 0.2) is 18.2 Å². The van der Waals surface area contributed by atoms with Gasteiger partial charge in [-0.15, -0.1) is 0 Å². The minimum Gasteiger partial charge on any atom is -0.493 e. The lowest BCUT2D eigenvalue weighted by Gasteiger charge is -2.42. The Morgan fingerprint density at radius 1 is 1.03 bits per heavy atom. The molecular formula is C22H32O13. The second kappa shape index (κ2) is 11.8. The fourth-order valence-corrected chi connectivity index (χ4v) is 3.77. The van der Waals surface area contributed by atoms with Gasteiger partial charge in [-0.3, -0.25) is 0 Å². The third-order valence-corrected chi connectivity index (χ3v) is 5.77. The number of rotatable bonds is 10. The minimum absolute atomic E-state index is 0.0536. The Morgan fingerprint density at radius 3 is 2.20 bits per heavy atom. The Hall–Kier alpha value is -2.04. The summed E-state index contributed by atoms with van der Waals surface area (Å²) in [6, 6.07) is 3.19. The van der Waals surface area contributed by atoms with E-state index in [1.165, 1.54) is 27.4 Å². The van der Waals surface area contributed by atoms with Crippen molar-refractivity contribution in [2.75, 3.05) is 41.2 Å². The van der Waals surface area contributed by atoms with E-state index in [-0.39, 0.29) is 23.9 Å². The van der Waals surface area contributed by atoms with Crippen LogP contribution < -0.4 is 14.2 Å². The minimum atomic E-state index is -2.04. The monoisotopic (exact) mass is 504 g/mol. The Bertz CT molecular complexity index is 839. The number of aliphatic hydroxyl groups is 6. The Balaban J connectivity index is 1.86. The molecule has 2 aliphatic rings. The van der Waals surface area contributed by atoms with Crippen molar-refractivity contribution in [3.63, 3.8) is 0 Å². The van der Waals surface area contributed by atoms with Crippen LogP contribution in [0, 0.1) is 0 Å². The SMILES string of the molecule is COc1cc(/C=C/CO)cc(OC)c1O[C@@H]1O[C@H](CO)[C@@H](O)[C@H](O[C@@H]2OC[C@](O)(OC)[C@H]2O)[C@H]1O. The molecule has 35 heavy (non-hydrogen) atoms. The molecule has 2 fully saturated rings. The zero-order valence-electron chi connectivity index (χ0n) is 19.5. The van der Waals surface area contributed by atoms with Crippen molar-refractivity contribution in [3.05, 3.63) is 23.8 Å². The first-order valence-electron chi connectivity index (χ1n) is 10.8. The maximum atomic E-state index is 10.9. The molecule has 1 aromatic rings. The molecule has 198 valence electrons. The second-order valence-corrected chi connectivity index (χ2v) is 7.94. The largest absolute Gasteiger partial charge is 0.493 e. The molecular weight excluding hydrogens is 472 g/mol. The Labute approximate surface area is 201 Å². The summed E-state index contributed by atoms with van der Waals surface area (Å²) in [6.45, 7) is -1.24. The Morgan fingerprint density at radius 2 is 1.69 bits per heavy atom. The van der Waals surface area contributed by atoms with Crippen molar-refractivity contribution in [1.29, 1.82) is 0 Å². The normalized spacial score (nSPS) is 35.4. The summed E-state index contributed by atoms with van der Waals surface area (Å²) in [5.74, 6) is -1.56. The maximum Gasteiger partial charge on any atom is 0.229 e. The van der Waals surface area contributed by atoms with Gasteiger partial charge in [0.2, 0.25) is 17.8 Å². The molecule has 13 heteroatoms. The van der Waals surface area contributed by atoms with E-state index in [0.29, 0.717) is 5.56 Å². The maximum absolute atomic E-state index is 10.9. The average molecular weight is 504 g/mol. The highest BCUT2D eigenvalue weighted by molar-refractivity contribution is 5.62. The predicted molar refractivity (Wildman–Crippen MR) is 117 cm³/mol. The molecule has 0 spiro atoms. The van der Waals surface area contributed by atoms with Crippen molar-refractivity contribution >= 4 is 6.08 Å². The van der Waals surface area contributed by atoms with Gasteiger partial charge in [0.25, 0.3) is 0 Å². The molecule has 2 saturated heterocycles. The van der Waals surface area contributed by atoms with Crippen LogP contribution in [0.5, 0.6) is 17.2 Å². The van der Waals surface area contributed by atoms with Gasteiger partial charge in [0.15, 0.2) is 23.9 Å². The Kier molecular flexibility index (Phi) is 9.28. The van der Waals surface area contributed by atoms with Crippen LogP contribution in [0.2, 0.25) is 0 Å². The quantitative estimate of drug-likeness (QED) is 0.192. The van der Waals surface area contributed by atoms with Crippen LogP contribution >= 0.6 is 0 Å². The summed E-state index contributed by atoms with van der Waals surface area (Å²) in [7, 11) is 3.95. The van der Waals surface area contributed by atoms with Crippen LogP contribution in [0.1, 0.15) is 5.56 Å². The van der Waals surface area contributed by atoms with Crippen LogP contribution in [0.25, 0.3) is 6.08 Å². The molecule has 3 rings (SSSR count). The van der Waals surface area contributed by atoms with Gasteiger partial charge in [0.05, 0.1) is 27.4 Å². The lowest BCUT2D eigenvalue weighted by atomic mass is 9.98. The molecule has 0 radical (unpaired) electrons. The molecule has 0 unspecified atom stereocenters. The van der Waals surface area contributed by atoms with Gasteiger partial charge >= 0.3 is 0 Å². The lowest BCUT2D eigenvalue weighted by Crippen LogP contribution is -2.62. The topological polar surface area (TPSA) is 186 Å². The van der Waals surface area contributed by atoms with Crippen molar-refractivity contribution in [3.8, 4) is 17.2 Å². The zero-order valence-corrected chi connectivity index (χ0v) is 19.5. The number of hydrogen-bond donors (Lipinski definition) is 6. The van der Waals surface area contributed by atoms with Gasteiger partial charge in [0.1, 0.15) is 31.0 Å². The number of benzene rings is 1. The molecule has 0 aromatic heterocycles. The van der Waals surface area contributed by atoms with Crippen LogP contribution in [0.4, 0.5) is 0 Å². The zero-order chi connectivity index (χ0) is 25.8. The fourth-order valence-electron chi connectivity index (χ4n) is 3.77. The molecule has 6 N–H and O–H groups in total. The van der Waals surface area contributed by atoms with E-state index in [2.05, 4.69) is 0 Å². The highest BCUT2D eigenvalue weighted by atomic mass is 16.8.